The monoisotopic (exact) mass is 462 g/mol. The number of nitrogens with one attached hydrogen (secondary N) is 1. The summed E-state index contributed by atoms with van der Waals surface area (Å²) in [6, 6.07) is 21.7. The molecule has 1 heterocycles. The summed E-state index contributed by atoms with van der Waals surface area (Å²) in [6.07, 6.45) is 2.19. The first-order valence-electron chi connectivity index (χ1n) is 10.7. The number of benzene rings is 3. The SMILES string of the molecule is COc1ccccc1CCNC(=O)Cn1cc(S(=O)(=O)c2ccc(C)cc2)c2ccccc21. The fraction of sp³-hybridized carbons (Fsp3) is 0.192. The third-order valence-electron chi connectivity index (χ3n) is 5.60. The van der Waals surface area contributed by atoms with Crippen molar-refractivity contribution in [1.82, 2.24) is 9.88 Å². The van der Waals surface area contributed by atoms with Crippen molar-refractivity contribution in [2.45, 2.75) is 29.7 Å². The molecule has 1 amide bonds. The topological polar surface area (TPSA) is 77.4 Å². The van der Waals surface area contributed by atoms with Crippen molar-refractivity contribution >= 4 is 26.6 Å². The Labute approximate surface area is 193 Å². The Morgan fingerprint density at radius 2 is 1.67 bits per heavy atom. The summed E-state index contributed by atoms with van der Waals surface area (Å²) < 4.78 is 33.7. The van der Waals surface area contributed by atoms with Gasteiger partial charge in [0.25, 0.3) is 0 Å². The minimum absolute atomic E-state index is 0.0237. The van der Waals surface area contributed by atoms with Gasteiger partial charge in [0.15, 0.2) is 0 Å². The maximum Gasteiger partial charge on any atom is 0.239 e. The number of ether oxygens (including phenoxy) is 1. The summed E-state index contributed by atoms with van der Waals surface area (Å²) in [5, 5.41) is 3.51. The molecule has 33 heavy (non-hydrogen) atoms. The fourth-order valence-corrected chi connectivity index (χ4v) is 5.34. The molecule has 1 N–H and O–H groups in total. The van der Waals surface area contributed by atoms with Gasteiger partial charge in [-0.2, -0.15) is 0 Å². The lowest BCUT2D eigenvalue weighted by Crippen LogP contribution is -2.29. The molecule has 0 bridgehead atoms. The molecule has 0 saturated carbocycles. The number of aromatic nitrogens is 1. The number of amides is 1. The number of aryl methyl sites for hydroxylation is 1. The van der Waals surface area contributed by atoms with Gasteiger partial charge in [0.1, 0.15) is 12.3 Å². The Morgan fingerprint density at radius 3 is 2.42 bits per heavy atom. The smallest absolute Gasteiger partial charge is 0.239 e. The maximum atomic E-state index is 13.3. The van der Waals surface area contributed by atoms with Gasteiger partial charge in [-0.15, -0.1) is 0 Å². The molecule has 4 rings (SSSR count). The molecule has 3 aromatic carbocycles. The van der Waals surface area contributed by atoms with Crippen LogP contribution in [0.25, 0.3) is 10.9 Å². The normalized spacial score (nSPS) is 11.5. The van der Waals surface area contributed by atoms with Crippen molar-refractivity contribution in [1.29, 1.82) is 0 Å². The van der Waals surface area contributed by atoms with Gasteiger partial charge in [0.05, 0.1) is 16.9 Å². The van der Waals surface area contributed by atoms with Gasteiger partial charge < -0.3 is 14.6 Å². The molecule has 0 unspecified atom stereocenters. The van der Waals surface area contributed by atoms with Crippen LogP contribution in [0.3, 0.4) is 0 Å². The van der Waals surface area contributed by atoms with E-state index in [0.29, 0.717) is 23.9 Å². The second-order valence-electron chi connectivity index (χ2n) is 7.87. The quantitative estimate of drug-likeness (QED) is 0.427. The fourth-order valence-electron chi connectivity index (χ4n) is 3.86. The molecule has 0 radical (unpaired) electrons. The van der Waals surface area contributed by atoms with E-state index in [1.807, 2.05) is 43.3 Å². The first-order chi connectivity index (χ1) is 15.9. The summed E-state index contributed by atoms with van der Waals surface area (Å²) in [5.74, 6) is 0.596. The number of para-hydroxylation sites is 2. The van der Waals surface area contributed by atoms with Crippen LogP contribution in [0.15, 0.2) is 88.8 Å². The molecule has 0 fully saturated rings. The highest BCUT2D eigenvalue weighted by Gasteiger charge is 2.23. The summed E-state index contributed by atoms with van der Waals surface area (Å²) in [5.41, 5.74) is 2.70. The summed E-state index contributed by atoms with van der Waals surface area (Å²) in [7, 11) is -2.10. The van der Waals surface area contributed by atoms with Crippen LogP contribution in [-0.2, 0) is 27.6 Å². The van der Waals surface area contributed by atoms with E-state index in [1.54, 1.807) is 54.3 Å². The highest BCUT2D eigenvalue weighted by atomic mass is 32.2. The summed E-state index contributed by atoms with van der Waals surface area (Å²) in [6.45, 7) is 2.39. The van der Waals surface area contributed by atoms with E-state index in [4.69, 9.17) is 4.74 Å². The zero-order valence-corrected chi connectivity index (χ0v) is 19.4. The van der Waals surface area contributed by atoms with Crippen molar-refractivity contribution in [3.63, 3.8) is 0 Å². The van der Waals surface area contributed by atoms with Crippen LogP contribution < -0.4 is 10.1 Å². The van der Waals surface area contributed by atoms with Gasteiger partial charge in [0.2, 0.25) is 15.7 Å². The molecule has 0 spiro atoms. The third kappa shape index (κ3) is 4.78. The molecular formula is C26H26N2O4S. The average Bonchev–Trinajstić information content (AvgIpc) is 3.19. The van der Waals surface area contributed by atoms with Gasteiger partial charge in [-0.1, -0.05) is 54.1 Å². The van der Waals surface area contributed by atoms with E-state index < -0.39 is 9.84 Å². The van der Waals surface area contributed by atoms with Gasteiger partial charge in [-0.05, 0) is 43.2 Å². The molecule has 0 aliphatic heterocycles. The molecule has 170 valence electrons. The van der Waals surface area contributed by atoms with Gasteiger partial charge in [-0.3, -0.25) is 4.79 Å². The lowest BCUT2D eigenvalue weighted by Gasteiger charge is -2.10. The van der Waals surface area contributed by atoms with Crippen molar-refractivity contribution in [2.75, 3.05) is 13.7 Å². The van der Waals surface area contributed by atoms with Crippen LogP contribution in [0.4, 0.5) is 0 Å². The lowest BCUT2D eigenvalue weighted by molar-refractivity contribution is -0.121. The lowest BCUT2D eigenvalue weighted by atomic mass is 10.1. The Hall–Kier alpha value is -3.58. The van der Waals surface area contributed by atoms with Crippen LogP contribution in [0.5, 0.6) is 5.75 Å². The largest absolute Gasteiger partial charge is 0.496 e. The zero-order chi connectivity index (χ0) is 23.4. The zero-order valence-electron chi connectivity index (χ0n) is 18.6. The third-order valence-corrected chi connectivity index (χ3v) is 7.39. The predicted octanol–water partition coefficient (Wildman–Crippen LogP) is 4.15. The molecule has 0 aliphatic rings. The number of carbonyl (C=O) groups excluding carboxylic acids is 1. The molecule has 6 nitrogen and oxygen atoms in total. The van der Waals surface area contributed by atoms with Crippen LogP contribution in [0, 0.1) is 6.92 Å². The molecule has 1 aromatic heterocycles. The molecule has 0 atom stereocenters. The number of hydrogen-bond acceptors (Lipinski definition) is 4. The van der Waals surface area contributed by atoms with Crippen LogP contribution in [-0.4, -0.2) is 32.5 Å². The second kappa shape index (κ2) is 9.50. The molecule has 0 aliphatic carbocycles. The number of carbonyl (C=O) groups is 1. The van der Waals surface area contributed by atoms with Gasteiger partial charge in [0, 0.05) is 23.6 Å². The van der Waals surface area contributed by atoms with E-state index in [0.717, 1.165) is 16.9 Å². The van der Waals surface area contributed by atoms with E-state index >= 15 is 0 Å². The van der Waals surface area contributed by atoms with Crippen molar-refractivity contribution < 1.29 is 17.9 Å². The first kappa shape index (κ1) is 22.6. The van der Waals surface area contributed by atoms with Crippen molar-refractivity contribution in [2.24, 2.45) is 0 Å². The Kier molecular flexibility index (Phi) is 6.51. The maximum absolute atomic E-state index is 13.3. The predicted molar refractivity (Wildman–Crippen MR) is 128 cm³/mol. The van der Waals surface area contributed by atoms with E-state index in [1.165, 1.54) is 0 Å². The number of methoxy groups -OCH3 is 1. The Balaban J connectivity index is 1.54. The highest BCUT2D eigenvalue weighted by molar-refractivity contribution is 7.91. The molecular weight excluding hydrogens is 436 g/mol. The summed E-state index contributed by atoms with van der Waals surface area (Å²) in [4.78, 5) is 13.1. The van der Waals surface area contributed by atoms with Crippen LogP contribution >= 0.6 is 0 Å². The van der Waals surface area contributed by atoms with E-state index in [-0.39, 0.29) is 22.2 Å². The first-order valence-corrected chi connectivity index (χ1v) is 12.2. The number of nitrogens with zero attached hydrogens (tertiary/aromatic N) is 1. The molecule has 7 heteroatoms. The number of hydrogen-bond donors (Lipinski definition) is 1. The molecule has 0 saturated heterocycles. The van der Waals surface area contributed by atoms with Gasteiger partial charge in [-0.25, -0.2) is 8.42 Å². The van der Waals surface area contributed by atoms with Crippen LogP contribution in [0.1, 0.15) is 11.1 Å². The Morgan fingerprint density at radius 1 is 0.970 bits per heavy atom. The Bertz CT molecular complexity index is 1390. The van der Waals surface area contributed by atoms with E-state index in [2.05, 4.69) is 5.32 Å². The highest BCUT2D eigenvalue weighted by Crippen LogP contribution is 2.30. The van der Waals surface area contributed by atoms with Crippen molar-refractivity contribution in [3.8, 4) is 5.75 Å². The minimum atomic E-state index is -3.72. The second-order valence-corrected chi connectivity index (χ2v) is 9.78. The minimum Gasteiger partial charge on any atom is -0.496 e. The number of sulfone groups is 1. The number of rotatable bonds is 8. The van der Waals surface area contributed by atoms with Crippen LogP contribution in [0.2, 0.25) is 0 Å². The molecule has 4 aromatic rings. The van der Waals surface area contributed by atoms with Crippen molar-refractivity contribution in [3.05, 3.63) is 90.1 Å². The number of fused-ring (bicyclic) bond motifs is 1. The standard InChI is InChI=1S/C26H26N2O4S/c1-19-11-13-21(14-12-19)33(30,31)25-17-28(23-9-5-4-8-22(23)25)18-26(29)27-16-15-20-7-3-6-10-24(20)32-2/h3-14,17H,15-16,18H2,1-2H3,(H,27,29). The summed E-state index contributed by atoms with van der Waals surface area (Å²) >= 11 is 0. The van der Waals surface area contributed by atoms with Gasteiger partial charge >= 0.3 is 0 Å². The van der Waals surface area contributed by atoms with E-state index in [9.17, 15) is 13.2 Å². The average molecular weight is 463 g/mol.